The molecule has 6 heteroatoms. The first-order valence-corrected chi connectivity index (χ1v) is 4.53. The minimum atomic E-state index is -2.16. The van der Waals surface area contributed by atoms with Gasteiger partial charge in [0.1, 0.15) is 5.82 Å². The lowest BCUT2D eigenvalue weighted by Crippen LogP contribution is -1.89. The predicted molar refractivity (Wildman–Crippen MR) is 45.1 cm³/mol. The summed E-state index contributed by atoms with van der Waals surface area (Å²) in [5, 5.41) is -0.0689. The van der Waals surface area contributed by atoms with Crippen molar-refractivity contribution in [3.05, 3.63) is 24.0 Å². The second-order valence-electron chi connectivity index (χ2n) is 2.45. The average molecular weight is 200 g/mol. The zero-order chi connectivity index (χ0) is 9.42. The second kappa shape index (κ2) is 2.90. The summed E-state index contributed by atoms with van der Waals surface area (Å²) in [6.07, 6.45) is 0. The standard InChI is InChI=1S/C7H5FN2O2S/c8-4-1-2-5-6(3-4)10-7(9-5)13(11)12/h1-3H,(H,9,10)(H,11,12). The molecule has 0 aliphatic carbocycles. The maximum absolute atomic E-state index is 12.7. The third kappa shape index (κ3) is 1.45. The summed E-state index contributed by atoms with van der Waals surface area (Å²) in [6.45, 7) is 0. The van der Waals surface area contributed by atoms with E-state index in [-0.39, 0.29) is 5.16 Å². The van der Waals surface area contributed by atoms with Gasteiger partial charge in [-0.25, -0.2) is 13.6 Å². The van der Waals surface area contributed by atoms with Crippen LogP contribution in [0, 0.1) is 5.82 Å². The van der Waals surface area contributed by atoms with Crippen LogP contribution >= 0.6 is 0 Å². The highest BCUT2D eigenvalue weighted by Crippen LogP contribution is 2.13. The fourth-order valence-corrected chi connectivity index (χ4v) is 1.41. The minimum Gasteiger partial charge on any atom is -0.329 e. The van der Waals surface area contributed by atoms with E-state index in [2.05, 4.69) is 9.97 Å². The van der Waals surface area contributed by atoms with Gasteiger partial charge in [0, 0.05) is 0 Å². The molecule has 0 radical (unpaired) electrons. The van der Waals surface area contributed by atoms with Crippen molar-refractivity contribution in [3.8, 4) is 0 Å². The highest BCUT2D eigenvalue weighted by molar-refractivity contribution is 7.79. The topological polar surface area (TPSA) is 66.0 Å². The Labute approximate surface area is 75.1 Å². The summed E-state index contributed by atoms with van der Waals surface area (Å²) in [7, 11) is 0. The lowest BCUT2D eigenvalue weighted by molar-refractivity contribution is 0.557. The summed E-state index contributed by atoms with van der Waals surface area (Å²) in [5.41, 5.74) is 0.885. The molecular formula is C7H5FN2O2S. The number of H-pyrrole nitrogens is 1. The van der Waals surface area contributed by atoms with Crippen LogP contribution in [0.25, 0.3) is 11.0 Å². The van der Waals surface area contributed by atoms with Crippen LogP contribution in [-0.4, -0.2) is 18.7 Å². The number of aromatic amines is 1. The number of nitrogens with one attached hydrogen (secondary N) is 1. The normalized spacial score (nSPS) is 13.4. The molecule has 68 valence electrons. The second-order valence-corrected chi connectivity index (χ2v) is 3.34. The Kier molecular flexibility index (Phi) is 1.86. The van der Waals surface area contributed by atoms with Crippen molar-refractivity contribution in [2.75, 3.05) is 0 Å². The first-order chi connectivity index (χ1) is 6.16. The van der Waals surface area contributed by atoms with E-state index in [1.165, 1.54) is 18.2 Å². The Hall–Kier alpha value is -1.27. The molecule has 4 nitrogen and oxygen atoms in total. The molecule has 2 N–H and O–H groups in total. The number of rotatable bonds is 1. The smallest absolute Gasteiger partial charge is 0.225 e. The third-order valence-electron chi connectivity index (χ3n) is 1.59. The molecule has 0 aliphatic heterocycles. The maximum atomic E-state index is 12.7. The average Bonchev–Trinajstić information content (AvgIpc) is 2.46. The number of fused-ring (bicyclic) bond motifs is 1. The van der Waals surface area contributed by atoms with E-state index in [4.69, 9.17) is 4.55 Å². The van der Waals surface area contributed by atoms with Crippen molar-refractivity contribution in [2.24, 2.45) is 0 Å². The number of halogens is 1. The van der Waals surface area contributed by atoms with E-state index in [1.807, 2.05) is 0 Å². The summed E-state index contributed by atoms with van der Waals surface area (Å²) in [5.74, 6) is -0.411. The summed E-state index contributed by atoms with van der Waals surface area (Å²) < 4.78 is 31.9. The molecule has 1 unspecified atom stereocenters. The van der Waals surface area contributed by atoms with Gasteiger partial charge in [0.2, 0.25) is 16.2 Å². The fourth-order valence-electron chi connectivity index (χ4n) is 1.04. The van der Waals surface area contributed by atoms with Crippen LogP contribution in [0.1, 0.15) is 0 Å². The number of imidazole rings is 1. The van der Waals surface area contributed by atoms with Gasteiger partial charge in [-0.1, -0.05) is 0 Å². The Morgan fingerprint density at radius 2 is 2.31 bits per heavy atom. The van der Waals surface area contributed by atoms with E-state index in [9.17, 15) is 8.60 Å². The predicted octanol–water partition coefficient (Wildman–Crippen LogP) is 1.28. The van der Waals surface area contributed by atoms with Crippen molar-refractivity contribution >= 4 is 22.1 Å². The maximum Gasteiger partial charge on any atom is 0.225 e. The highest BCUT2D eigenvalue weighted by Gasteiger charge is 2.07. The van der Waals surface area contributed by atoms with Crippen LogP contribution in [0.5, 0.6) is 0 Å². The Morgan fingerprint density at radius 1 is 1.54 bits per heavy atom. The van der Waals surface area contributed by atoms with Crippen molar-refractivity contribution in [1.29, 1.82) is 0 Å². The molecular weight excluding hydrogens is 195 g/mol. The Balaban J connectivity index is 2.68. The van der Waals surface area contributed by atoms with E-state index in [0.29, 0.717) is 11.0 Å². The van der Waals surface area contributed by atoms with Crippen molar-refractivity contribution in [3.63, 3.8) is 0 Å². The van der Waals surface area contributed by atoms with E-state index in [1.54, 1.807) is 0 Å². The van der Waals surface area contributed by atoms with Crippen LogP contribution < -0.4 is 0 Å². The molecule has 13 heavy (non-hydrogen) atoms. The summed E-state index contributed by atoms with van der Waals surface area (Å²) in [6, 6.07) is 3.91. The lowest BCUT2D eigenvalue weighted by atomic mass is 10.3. The monoisotopic (exact) mass is 200 g/mol. The van der Waals surface area contributed by atoms with Crippen LogP contribution in [0.4, 0.5) is 4.39 Å². The zero-order valence-corrected chi connectivity index (χ0v) is 7.14. The fraction of sp³-hybridized carbons (Fsp3) is 0. The van der Waals surface area contributed by atoms with E-state index >= 15 is 0 Å². The summed E-state index contributed by atoms with van der Waals surface area (Å²) >= 11 is -2.16. The molecule has 2 rings (SSSR count). The van der Waals surface area contributed by atoms with Gasteiger partial charge in [-0.05, 0) is 18.2 Å². The van der Waals surface area contributed by atoms with Crippen LogP contribution in [0.2, 0.25) is 0 Å². The van der Waals surface area contributed by atoms with Gasteiger partial charge in [0.15, 0.2) is 0 Å². The number of aromatic nitrogens is 2. The number of hydrogen-bond donors (Lipinski definition) is 2. The Bertz CT molecular complexity index is 482. The quantitative estimate of drug-likeness (QED) is 0.681. The Morgan fingerprint density at radius 3 is 3.00 bits per heavy atom. The minimum absolute atomic E-state index is 0.0689. The van der Waals surface area contributed by atoms with Gasteiger partial charge in [0.25, 0.3) is 0 Å². The molecule has 0 saturated carbocycles. The molecule has 0 saturated heterocycles. The van der Waals surface area contributed by atoms with Crippen molar-refractivity contribution in [1.82, 2.24) is 9.97 Å². The molecule has 2 aromatic rings. The van der Waals surface area contributed by atoms with Gasteiger partial charge in [-0.2, -0.15) is 0 Å². The molecule has 1 aromatic carbocycles. The molecule has 0 spiro atoms. The first-order valence-electron chi connectivity index (χ1n) is 3.43. The molecule has 1 aromatic heterocycles. The van der Waals surface area contributed by atoms with E-state index < -0.39 is 16.9 Å². The van der Waals surface area contributed by atoms with Crippen molar-refractivity contribution in [2.45, 2.75) is 5.16 Å². The molecule has 0 bridgehead atoms. The van der Waals surface area contributed by atoms with Gasteiger partial charge in [0.05, 0.1) is 11.0 Å². The lowest BCUT2D eigenvalue weighted by Gasteiger charge is -1.86. The van der Waals surface area contributed by atoms with Crippen molar-refractivity contribution < 1.29 is 13.2 Å². The third-order valence-corrected chi connectivity index (χ3v) is 2.11. The van der Waals surface area contributed by atoms with Gasteiger partial charge in [-0.15, -0.1) is 0 Å². The largest absolute Gasteiger partial charge is 0.329 e. The van der Waals surface area contributed by atoms with E-state index in [0.717, 1.165) is 0 Å². The molecule has 1 atom stereocenters. The van der Waals surface area contributed by atoms with Crippen LogP contribution in [0.3, 0.4) is 0 Å². The van der Waals surface area contributed by atoms with Crippen LogP contribution in [-0.2, 0) is 11.1 Å². The molecule has 0 amide bonds. The van der Waals surface area contributed by atoms with Gasteiger partial charge >= 0.3 is 0 Å². The molecule has 0 fully saturated rings. The molecule has 1 heterocycles. The van der Waals surface area contributed by atoms with Gasteiger partial charge in [-0.3, -0.25) is 4.55 Å². The highest BCUT2D eigenvalue weighted by atomic mass is 32.2. The number of hydrogen-bond acceptors (Lipinski definition) is 2. The first kappa shape index (κ1) is 8.33. The SMILES string of the molecule is O=S(O)c1nc2ccc(F)cc2[nH]1. The molecule has 0 aliphatic rings. The van der Waals surface area contributed by atoms with Gasteiger partial charge < -0.3 is 4.98 Å². The number of benzene rings is 1. The zero-order valence-electron chi connectivity index (χ0n) is 6.32. The summed E-state index contributed by atoms with van der Waals surface area (Å²) in [4.78, 5) is 6.32. The van der Waals surface area contributed by atoms with Crippen LogP contribution in [0.15, 0.2) is 23.4 Å². The number of nitrogens with zero attached hydrogens (tertiary/aromatic N) is 1.